The number of benzene rings is 2. The van der Waals surface area contributed by atoms with Gasteiger partial charge in [0, 0.05) is 22.2 Å². The van der Waals surface area contributed by atoms with Crippen LogP contribution in [0.1, 0.15) is 11.1 Å². The lowest BCUT2D eigenvalue weighted by Crippen LogP contribution is -2.05. The van der Waals surface area contributed by atoms with Crippen molar-refractivity contribution in [1.29, 1.82) is 0 Å². The molecular formula is C18H14ClNO4. The van der Waals surface area contributed by atoms with Crippen LogP contribution in [0.25, 0.3) is 6.08 Å². The van der Waals surface area contributed by atoms with E-state index in [1.807, 2.05) is 0 Å². The average Bonchev–Trinajstić information content (AvgIpc) is 2.96. The molecule has 2 aromatic rings. The van der Waals surface area contributed by atoms with Crippen molar-refractivity contribution in [3.8, 4) is 11.5 Å². The van der Waals surface area contributed by atoms with Gasteiger partial charge in [0.25, 0.3) is 0 Å². The van der Waals surface area contributed by atoms with Gasteiger partial charge in [-0.05, 0) is 42.5 Å². The number of hydrogen-bond acceptors (Lipinski definition) is 5. The molecule has 0 spiro atoms. The smallest absolute Gasteiger partial charge is 0.363 e. The Morgan fingerprint density at radius 1 is 1.08 bits per heavy atom. The molecule has 3 rings (SSSR count). The van der Waals surface area contributed by atoms with Crippen LogP contribution in [-0.4, -0.2) is 26.1 Å². The highest BCUT2D eigenvalue weighted by molar-refractivity contribution is 6.30. The molecular weight excluding hydrogens is 330 g/mol. The molecule has 0 aromatic heterocycles. The number of rotatable bonds is 4. The van der Waals surface area contributed by atoms with E-state index in [-0.39, 0.29) is 11.6 Å². The monoisotopic (exact) mass is 343 g/mol. The van der Waals surface area contributed by atoms with Gasteiger partial charge >= 0.3 is 5.97 Å². The van der Waals surface area contributed by atoms with Crippen LogP contribution in [0.2, 0.25) is 5.02 Å². The summed E-state index contributed by atoms with van der Waals surface area (Å²) >= 11 is 5.86. The summed E-state index contributed by atoms with van der Waals surface area (Å²) in [5, 5.41) is 0.599. The van der Waals surface area contributed by atoms with Gasteiger partial charge in [-0.15, -0.1) is 0 Å². The van der Waals surface area contributed by atoms with Gasteiger partial charge in [0.15, 0.2) is 5.70 Å². The molecule has 0 N–H and O–H groups in total. The molecule has 0 unspecified atom stereocenters. The summed E-state index contributed by atoms with van der Waals surface area (Å²) in [6.07, 6.45) is 1.61. The lowest BCUT2D eigenvalue weighted by molar-refractivity contribution is -0.129. The van der Waals surface area contributed by atoms with Crippen molar-refractivity contribution in [3.05, 3.63) is 64.3 Å². The second-order valence-electron chi connectivity index (χ2n) is 4.95. The van der Waals surface area contributed by atoms with Gasteiger partial charge in [-0.2, -0.15) is 0 Å². The van der Waals surface area contributed by atoms with Crippen molar-refractivity contribution in [1.82, 2.24) is 0 Å². The Morgan fingerprint density at radius 3 is 2.50 bits per heavy atom. The Balaban J connectivity index is 1.95. The molecule has 1 aliphatic rings. The van der Waals surface area contributed by atoms with Gasteiger partial charge in [0.05, 0.1) is 14.2 Å². The first-order valence-corrected chi connectivity index (χ1v) is 7.49. The molecule has 122 valence electrons. The number of nitrogens with zero attached hydrogens (tertiary/aromatic N) is 1. The van der Waals surface area contributed by atoms with E-state index in [1.165, 1.54) is 0 Å². The quantitative estimate of drug-likeness (QED) is 0.627. The summed E-state index contributed by atoms with van der Waals surface area (Å²) in [6.45, 7) is 0. The fraction of sp³-hybridized carbons (Fsp3) is 0.111. The van der Waals surface area contributed by atoms with E-state index in [1.54, 1.807) is 62.8 Å². The maximum absolute atomic E-state index is 12.1. The van der Waals surface area contributed by atoms with Crippen LogP contribution in [0.4, 0.5) is 0 Å². The second kappa shape index (κ2) is 6.76. The average molecular weight is 344 g/mol. The van der Waals surface area contributed by atoms with Gasteiger partial charge < -0.3 is 14.2 Å². The number of aliphatic imine (C=N–C) groups is 1. The number of ether oxygens (including phenoxy) is 3. The van der Waals surface area contributed by atoms with Crippen LogP contribution in [0.3, 0.4) is 0 Å². The first-order valence-electron chi connectivity index (χ1n) is 7.11. The molecule has 0 amide bonds. The number of hydrogen-bond donors (Lipinski definition) is 0. The molecule has 0 bridgehead atoms. The first-order chi connectivity index (χ1) is 11.6. The fourth-order valence-electron chi connectivity index (χ4n) is 2.21. The predicted octanol–water partition coefficient (Wildman–Crippen LogP) is 3.70. The Morgan fingerprint density at radius 2 is 1.83 bits per heavy atom. The Hall–Kier alpha value is -2.79. The third-order valence-corrected chi connectivity index (χ3v) is 3.70. The Bertz CT molecular complexity index is 841. The zero-order valence-corrected chi connectivity index (χ0v) is 13.8. The topological polar surface area (TPSA) is 57.1 Å². The van der Waals surface area contributed by atoms with Crippen LogP contribution in [-0.2, 0) is 9.53 Å². The summed E-state index contributed by atoms with van der Waals surface area (Å²) < 4.78 is 15.7. The lowest BCUT2D eigenvalue weighted by atomic mass is 10.1. The van der Waals surface area contributed by atoms with Crippen LogP contribution in [0.15, 0.2) is 53.2 Å². The largest absolute Gasteiger partial charge is 0.497 e. The van der Waals surface area contributed by atoms with Crippen molar-refractivity contribution in [2.75, 3.05) is 14.2 Å². The maximum Gasteiger partial charge on any atom is 0.363 e. The fourth-order valence-corrected chi connectivity index (χ4v) is 2.34. The molecule has 6 heteroatoms. The second-order valence-corrected chi connectivity index (χ2v) is 5.39. The molecule has 0 saturated carbocycles. The van der Waals surface area contributed by atoms with Gasteiger partial charge in [0.1, 0.15) is 11.5 Å². The van der Waals surface area contributed by atoms with Crippen LogP contribution in [0, 0.1) is 0 Å². The highest BCUT2D eigenvalue weighted by atomic mass is 35.5. The van der Waals surface area contributed by atoms with Crippen molar-refractivity contribution in [2.24, 2.45) is 4.99 Å². The van der Waals surface area contributed by atoms with Gasteiger partial charge in [0.2, 0.25) is 5.90 Å². The normalized spacial score (nSPS) is 15.2. The molecule has 1 aliphatic heterocycles. The van der Waals surface area contributed by atoms with E-state index >= 15 is 0 Å². The summed E-state index contributed by atoms with van der Waals surface area (Å²) in [5.74, 6) is 0.964. The molecule has 0 radical (unpaired) electrons. The molecule has 0 saturated heterocycles. The summed E-state index contributed by atoms with van der Waals surface area (Å²) in [6, 6.07) is 12.2. The number of carbonyl (C=O) groups excluding carboxylic acids is 1. The molecule has 0 atom stereocenters. The Labute approximate surface area is 144 Å². The minimum atomic E-state index is -0.516. The van der Waals surface area contributed by atoms with Gasteiger partial charge in [-0.3, -0.25) is 0 Å². The van der Waals surface area contributed by atoms with Crippen LogP contribution >= 0.6 is 11.6 Å². The van der Waals surface area contributed by atoms with E-state index in [0.29, 0.717) is 27.6 Å². The first kappa shape index (κ1) is 16.1. The van der Waals surface area contributed by atoms with Crippen molar-refractivity contribution >= 4 is 29.5 Å². The molecule has 0 aliphatic carbocycles. The lowest BCUT2D eigenvalue weighted by Gasteiger charge is -2.07. The van der Waals surface area contributed by atoms with E-state index in [9.17, 15) is 4.79 Å². The minimum Gasteiger partial charge on any atom is -0.497 e. The van der Waals surface area contributed by atoms with E-state index in [2.05, 4.69) is 4.99 Å². The van der Waals surface area contributed by atoms with Gasteiger partial charge in [-0.1, -0.05) is 11.6 Å². The Kier molecular flexibility index (Phi) is 4.53. The third-order valence-electron chi connectivity index (χ3n) is 3.44. The molecule has 2 aromatic carbocycles. The number of carbonyl (C=O) groups is 1. The summed E-state index contributed by atoms with van der Waals surface area (Å²) in [7, 11) is 3.12. The summed E-state index contributed by atoms with van der Waals surface area (Å²) in [4.78, 5) is 16.3. The van der Waals surface area contributed by atoms with Crippen molar-refractivity contribution in [2.45, 2.75) is 0 Å². The number of esters is 1. The number of methoxy groups -OCH3 is 2. The third kappa shape index (κ3) is 3.26. The maximum atomic E-state index is 12.1. The van der Waals surface area contributed by atoms with Crippen LogP contribution in [0.5, 0.6) is 11.5 Å². The molecule has 24 heavy (non-hydrogen) atoms. The predicted molar refractivity (Wildman–Crippen MR) is 91.6 cm³/mol. The highest BCUT2D eigenvalue weighted by Gasteiger charge is 2.24. The highest BCUT2D eigenvalue weighted by Crippen LogP contribution is 2.28. The van der Waals surface area contributed by atoms with E-state index < -0.39 is 5.97 Å². The van der Waals surface area contributed by atoms with Crippen molar-refractivity contribution < 1.29 is 19.0 Å². The standard InChI is InChI=1S/C18H14ClNO4/c1-22-14-8-5-12(16(10-14)23-2)9-15-18(21)24-17(20-15)11-3-6-13(19)7-4-11/h3-10H,1-2H3/b15-9+. The number of cyclic esters (lactones) is 1. The van der Waals surface area contributed by atoms with E-state index in [4.69, 9.17) is 25.8 Å². The zero-order valence-electron chi connectivity index (χ0n) is 13.1. The van der Waals surface area contributed by atoms with Crippen LogP contribution < -0.4 is 9.47 Å². The molecule has 5 nitrogen and oxygen atoms in total. The molecule has 0 fully saturated rings. The SMILES string of the molecule is COc1ccc(/C=C2/N=C(c3ccc(Cl)cc3)OC2=O)c(OC)c1. The minimum absolute atomic E-state index is 0.198. The number of halogens is 1. The van der Waals surface area contributed by atoms with E-state index in [0.717, 1.165) is 0 Å². The summed E-state index contributed by atoms with van der Waals surface area (Å²) in [5.41, 5.74) is 1.58. The zero-order chi connectivity index (χ0) is 17.1. The molecule has 1 heterocycles. The van der Waals surface area contributed by atoms with Crippen molar-refractivity contribution in [3.63, 3.8) is 0 Å². The van der Waals surface area contributed by atoms with Gasteiger partial charge in [-0.25, -0.2) is 9.79 Å².